The van der Waals surface area contributed by atoms with Gasteiger partial charge in [-0.25, -0.2) is 4.98 Å². The van der Waals surface area contributed by atoms with E-state index in [0.717, 1.165) is 11.0 Å². The lowest BCUT2D eigenvalue weighted by atomic mass is 10.00. The average molecular weight is 478 g/mol. The molecule has 0 fully saturated rings. The summed E-state index contributed by atoms with van der Waals surface area (Å²) in [6.45, 7) is 0. The maximum absolute atomic E-state index is 11.0. The van der Waals surface area contributed by atoms with E-state index in [2.05, 4.69) is 25.9 Å². The number of hydrogen-bond acceptors (Lipinski definition) is 5. The zero-order chi connectivity index (χ0) is 21.7. The molecule has 31 heavy (non-hydrogen) atoms. The Morgan fingerprint density at radius 3 is 2.48 bits per heavy atom. The number of nitrogens with zero attached hydrogens (tertiary/aromatic N) is 2. The van der Waals surface area contributed by atoms with E-state index in [4.69, 9.17) is 0 Å². The molecule has 7 nitrogen and oxygen atoms in total. The largest absolute Gasteiger partial charge is 0.508 e. The number of aromatic nitrogens is 3. The van der Waals surface area contributed by atoms with Crippen molar-refractivity contribution in [2.24, 2.45) is 0 Å². The molecule has 0 aliphatic heterocycles. The maximum Gasteiger partial charge on any atom is 0.240 e. The minimum Gasteiger partial charge on any atom is -0.508 e. The molecule has 2 aromatic heterocycles. The minimum absolute atomic E-state index is 0.0286. The summed E-state index contributed by atoms with van der Waals surface area (Å²) in [5.41, 5.74) is 4.10. The van der Waals surface area contributed by atoms with Gasteiger partial charge in [0.1, 0.15) is 11.5 Å². The van der Waals surface area contributed by atoms with Crippen LogP contribution in [0.15, 0.2) is 71.5 Å². The highest BCUT2D eigenvalue weighted by molar-refractivity contribution is 9.10. The molecule has 0 aliphatic rings. The summed E-state index contributed by atoms with van der Waals surface area (Å²) in [7, 11) is 0. The van der Waals surface area contributed by atoms with Gasteiger partial charge in [0.05, 0.1) is 38.8 Å². The number of H-pyrrole nitrogens is 1. The molecule has 3 aromatic carbocycles. The molecule has 0 amide bonds. The lowest BCUT2D eigenvalue weighted by molar-refractivity contribution is 0.388. The Morgan fingerprint density at radius 2 is 1.71 bits per heavy atom. The van der Waals surface area contributed by atoms with Gasteiger partial charge in [-0.15, -0.1) is 0 Å². The summed E-state index contributed by atoms with van der Waals surface area (Å²) in [4.78, 5) is 7.26. The average Bonchev–Trinajstić information content (AvgIpc) is 3.32. The van der Waals surface area contributed by atoms with Crippen LogP contribution in [0.2, 0.25) is 0 Å². The van der Waals surface area contributed by atoms with Gasteiger partial charge >= 0.3 is 0 Å². The molecule has 0 unspecified atom stereocenters. The van der Waals surface area contributed by atoms with E-state index in [9.17, 15) is 20.4 Å². The third kappa shape index (κ3) is 3.08. The predicted molar refractivity (Wildman–Crippen MR) is 121 cm³/mol. The molecule has 0 saturated heterocycles. The number of fused-ring (bicyclic) bond motifs is 1. The van der Waals surface area contributed by atoms with Gasteiger partial charge in [0, 0.05) is 5.56 Å². The number of hydrogen-bond donors (Lipinski definition) is 5. The number of nitrogens with one attached hydrogen (secondary N) is 1. The number of benzene rings is 3. The van der Waals surface area contributed by atoms with Gasteiger partial charge in [-0.05, 0) is 70.0 Å². The Labute approximate surface area is 184 Å². The molecule has 5 N–H and O–H groups in total. The molecule has 0 atom stereocenters. The van der Waals surface area contributed by atoms with E-state index in [1.807, 2.05) is 12.1 Å². The van der Waals surface area contributed by atoms with Crippen LogP contribution in [-0.4, -0.2) is 35.0 Å². The van der Waals surface area contributed by atoms with Crippen molar-refractivity contribution in [1.29, 1.82) is 0 Å². The highest BCUT2D eigenvalue weighted by atomic mass is 79.9. The van der Waals surface area contributed by atoms with Crippen LogP contribution in [0, 0.1) is 0 Å². The molecule has 2 heterocycles. The number of aromatic hydroxyl groups is 4. The quantitative estimate of drug-likeness (QED) is 0.242. The smallest absolute Gasteiger partial charge is 0.240 e. The first-order valence-corrected chi connectivity index (χ1v) is 10.1. The first-order chi connectivity index (χ1) is 14.9. The van der Waals surface area contributed by atoms with E-state index >= 15 is 0 Å². The monoisotopic (exact) mass is 477 g/mol. The summed E-state index contributed by atoms with van der Waals surface area (Å²) in [6.07, 6.45) is 1.58. The van der Waals surface area contributed by atoms with Crippen molar-refractivity contribution in [2.75, 3.05) is 0 Å². The summed E-state index contributed by atoms with van der Waals surface area (Å²) < 4.78 is 1.98. The molecular formula is C23H16BrN3O4. The van der Waals surface area contributed by atoms with Gasteiger partial charge in [-0.1, -0.05) is 12.1 Å². The summed E-state index contributed by atoms with van der Waals surface area (Å²) in [5.74, 6) is -0.583. The number of rotatable bonds is 3. The second kappa shape index (κ2) is 7.10. The van der Waals surface area contributed by atoms with E-state index in [1.165, 1.54) is 22.8 Å². The minimum atomic E-state index is -0.351. The van der Waals surface area contributed by atoms with Gasteiger partial charge in [0.2, 0.25) is 5.88 Å². The van der Waals surface area contributed by atoms with Crippen LogP contribution in [0.25, 0.3) is 39.1 Å². The fraction of sp³-hybridized carbons (Fsp3) is 0. The highest BCUT2D eigenvalue weighted by Gasteiger charge is 2.26. The van der Waals surface area contributed by atoms with Crippen molar-refractivity contribution < 1.29 is 20.4 Å². The number of imidazole rings is 1. The summed E-state index contributed by atoms with van der Waals surface area (Å²) in [6, 6.07) is 16.7. The lowest BCUT2D eigenvalue weighted by Crippen LogP contribution is -1.97. The SMILES string of the molecule is Oc1cccc(-c2c(O)c(O)n(-c3ccc4nc[nH]c4c3)c2-c2ccc(O)c(Br)c2)c1. The van der Waals surface area contributed by atoms with E-state index in [-0.39, 0.29) is 23.1 Å². The molecule has 8 heteroatoms. The summed E-state index contributed by atoms with van der Waals surface area (Å²) in [5, 5.41) is 41.8. The van der Waals surface area contributed by atoms with Crippen molar-refractivity contribution in [3.8, 4) is 51.2 Å². The predicted octanol–water partition coefficient (Wildman–Crippen LogP) is 5.27. The summed E-state index contributed by atoms with van der Waals surface area (Å²) >= 11 is 3.33. The fourth-order valence-electron chi connectivity index (χ4n) is 3.72. The van der Waals surface area contributed by atoms with Gasteiger partial charge in [0.25, 0.3) is 0 Å². The third-order valence-electron chi connectivity index (χ3n) is 5.14. The number of phenols is 2. The first-order valence-electron chi connectivity index (χ1n) is 9.32. The molecule has 0 saturated carbocycles. The Hall–Kier alpha value is -3.91. The van der Waals surface area contributed by atoms with Crippen molar-refractivity contribution in [3.05, 3.63) is 71.5 Å². The van der Waals surface area contributed by atoms with Crippen LogP contribution < -0.4 is 0 Å². The lowest BCUT2D eigenvalue weighted by Gasteiger charge is -2.13. The molecule has 0 bridgehead atoms. The van der Waals surface area contributed by atoms with Crippen molar-refractivity contribution in [1.82, 2.24) is 14.5 Å². The van der Waals surface area contributed by atoms with Crippen molar-refractivity contribution in [3.63, 3.8) is 0 Å². The molecule has 0 spiro atoms. The van der Waals surface area contributed by atoms with Gasteiger partial charge in [-0.3, -0.25) is 4.57 Å². The normalized spacial score (nSPS) is 11.3. The molecule has 154 valence electrons. The molecule has 0 radical (unpaired) electrons. The molecule has 0 aliphatic carbocycles. The fourth-order valence-corrected chi connectivity index (χ4v) is 4.10. The van der Waals surface area contributed by atoms with Crippen molar-refractivity contribution in [2.45, 2.75) is 0 Å². The maximum atomic E-state index is 11.0. The van der Waals surface area contributed by atoms with E-state index < -0.39 is 0 Å². The number of aromatic amines is 1. The van der Waals surface area contributed by atoms with Crippen LogP contribution in [0.1, 0.15) is 0 Å². The Morgan fingerprint density at radius 1 is 0.871 bits per heavy atom. The third-order valence-corrected chi connectivity index (χ3v) is 5.77. The highest BCUT2D eigenvalue weighted by Crippen LogP contribution is 2.49. The van der Waals surface area contributed by atoms with Crippen LogP contribution in [0.4, 0.5) is 0 Å². The number of halogens is 1. The van der Waals surface area contributed by atoms with Gasteiger partial charge in [-0.2, -0.15) is 0 Å². The molecule has 5 rings (SSSR count). The van der Waals surface area contributed by atoms with Crippen LogP contribution in [-0.2, 0) is 0 Å². The van der Waals surface area contributed by atoms with E-state index in [0.29, 0.717) is 32.5 Å². The van der Waals surface area contributed by atoms with Gasteiger partial charge < -0.3 is 25.4 Å². The van der Waals surface area contributed by atoms with Crippen LogP contribution in [0.3, 0.4) is 0 Å². The standard InChI is InChI=1S/C23H16BrN3O4/c24-16-9-13(4-7-19(16)29)21-20(12-2-1-3-15(28)8-12)22(30)23(31)27(21)14-5-6-17-18(10-14)26-11-25-17/h1-11,28-31H,(H,25,26). The zero-order valence-electron chi connectivity index (χ0n) is 15.9. The second-order valence-electron chi connectivity index (χ2n) is 7.05. The first kappa shape index (κ1) is 19.1. The Bertz CT molecular complexity index is 1460. The van der Waals surface area contributed by atoms with Crippen LogP contribution in [0.5, 0.6) is 23.1 Å². The van der Waals surface area contributed by atoms with Gasteiger partial charge in [0.15, 0.2) is 5.75 Å². The molecular weight excluding hydrogens is 462 g/mol. The number of phenolic OH excluding ortho intramolecular Hbond substituents is 2. The van der Waals surface area contributed by atoms with Crippen LogP contribution >= 0.6 is 15.9 Å². The Balaban J connectivity index is 1.87. The molecule has 5 aromatic rings. The topological polar surface area (TPSA) is 115 Å². The van der Waals surface area contributed by atoms with Crippen molar-refractivity contribution >= 4 is 27.0 Å². The zero-order valence-corrected chi connectivity index (χ0v) is 17.5. The Kier molecular flexibility index (Phi) is 4.37. The second-order valence-corrected chi connectivity index (χ2v) is 7.91. The van der Waals surface area contributed by atoms with E-state index in [1.54, 1.807) is 36.7 Å².